The predicted molar refractivity (Wildman–Crippen MR) is 74.5 cm³/mol. The van der Waals surface area contributed by atoms with Gasteiger partial charge in [0.2, 0.25) is 5.91 Å². The highest BCUT2D eigenvalue weighted by atomic mass is 16.3. The van der Waals surface area contributed by atoms with Gasteiger partial charge in [0.15, 0.2) is 0 Å². The Hall–Kier alpha value is -2.17. The van der Waals surface area contributed by atoms with Crippen molar-refractivity contribution >= 4 is 17.8 Å². The number of hydrogen-bond donors (Lipinski definition) is 2. The molecule has 1 aromatic rings. The summed E-state index contributed by atoms with van der Waals surface area (Å²) < 4.78 is 0. The molecule has 19 heavy (non-hydrogen) atoms. The number of nitrogens with one attached hydrogen (secondary N) is 1. The van der Waals surface area contributed by atoms with Gasteiger partial charge < -0.3 is 5.11 Å². The summed E-state index contributed by atoms with van der Waals surface area (Å²) in [5, 5.41) is 13.4. The Kier molecular flexibility index (Phi) is 4.28. The molecule has 0 spiro atoms. The van der Waals surface area contributed by atoms with E-state index in [1.54, 1.807) is 18.3 Å². The van der Waals surface area contributed by atoms with Crippen LogP contribution in [0, 0.1) is 5.92 Å². The second-order valence-corrected chi connectivity index (χ2v) is 4.49. The van der Waals surface area contributed by atoms with Gasteiger partial charge in [-0.05, 0) is 31.9 Å². The van der Waals surface area contributed by atoms with Gasteiger partial charge in [0.05, 0.1) is 5.92 Å². The van der Waals surface area contributed by atoms with Crippen molar-refractivity contribution in [2.24, 2.45) is 16.0 Å². The lowest BCUT2D eigenvalue weighted by atomic mass is 10.1. The topological polar surface area (TPSA) is 74.0 Å². The molecule has 0 saturated carbocycles. The number of para-hydroxylation sites is 1. The van der Waals surface area contributed by atoms with E-state index in [0.717, 1.165) is 24.1 Å². The number of hydrazone groups is 1. The van der Waals surface area contributed by atoms with Crippen LogP contribution in [0.15, 0.2) is 34.4 Å². The second-order valence-electron chi connectivity index (χ2n) is 4.49. The zero-order valence-corrected chi connectivity index (χ0v) is 10.8. The molecule has 100 valence electrons. The first-order chi connectivity index (χ1) is 9.18. The molecule has 1 atom stereocenters. The Morgan fingerprint density at radius 2 is 2.26 bits per heavy atom. The number of benzene rings is 1. The Labute approximate surface area is 112 Å². The van der Waals surface area contributed by atoms with Gasteiger partial charge in [0.1, 0.15) is 5.75 Å². The molecule has 0 unspecified atom stereocenters. The Morgan fingerprint density at radius 3 is 2.95 bits per heavy atom. The highest BCUT2D eigenvalue weighted by molar-refractivity contribution is 6.01. The van der Waals surface area contributed by atoms with Gasteiger partial charge in [0.25, 0.3) is 0 Å². The first-order valence-corrected chi connectivity index (χ1v) is 6.31. The molecule has 1 aliphatic heterocycles. The van der Waals surface area contributed by atoms with Crippen LogP contribution in [-0.2, 0) is 4.79 Å². The molecular weight excluding hydrogens is 242 g/mol. The van der Waals surface area contributed by atoms with E-state index in [0.29, 0.717) is 6.54 Å². The molecule has 0 saturated heterocycles. The zero-order chi connectivity index (χ0) is 13.7. The minimum Gasteiger partial charge on any atom is -0.507 e. The summed E-state index contributed by atoms with van der Waals surface area (Å²) in [5.74, 6) is 0.0769. The molecule has 1 aromatic carbocycles. The number of hydrogen-bond acceptors (Lipinski definition) is 4. The van der Waals surface area contributed by atoms with Gasteiger partial charge in [-0.1, -0.05) is 12.1 Å². The molecule has 0 aliphatic carbocycles. The standard InChI is InChI=1S/C14H17N3O2/c1-10(12-6-2-3-7-13(12)18)15-8-4-5-11-9-16-17-14(11)19/h2-3,6-7,9,11,18H,4-5,8H2,1H3,(H,17,19)/t11-/m1/s1. The molecule has 5 nitrogen and oxygen atoms in total. The number of carbonyl (C=O) groups excluding carboxylic acids is 1. The number of carbonyl (C=O) groups is 1. The summed E-state index contributed by atoms with van der Waals surface area (Å²) in [6.07, 6.45) is 3.20. The first kappa shape index (κ1) is 13.3. The van der Waals surface area contributed by atoms with Crippen LogP contribution >= 0.6 is 0 Å². The number of amides is 1. The molecular formula is C14H17N3O2. The number of aliphatic imine (C=N–C) groups is 1. The summed E-state index contributed by atoms with van der Waals surface area (Å²) in [6.45, 7) is 2.51. The second kappa shape index (κ2) is 6.13. The van der Waals surface area contributed by atoms with E-state index in [4.69, 9.17) is 0 Å². The summed E-state index contributed by atoms with van der Waals surface area (Å²) in [5.41, 5.74) is 3.97. The van der Waals surface area contributed by atoms with E-state index in [1.807, 2.05) is 19.1 Å². The van der Waals surface area contributed by atoms with Crippen molar-refractivity contribution in [3.63, 3.8) is 0 Å². The number of aromatic hydroxyl groups is 1. The summed E-state index contributed by atoms with van der Waals surface area (Å²) in [6, 6.07) is 7.14. The van der Waals surface area contributed by atoms with Gasteiger partial charge in [0, 0.05) is 24.0 Å². The maximum Gasteiger partial charge on any atom is 0.248 e. The Morgan fingerprint density at radius 1 is 1.47 bits per heavy atom. The van der Waals surface area contributed by atoms with E-state index < -0.39 is 0 Å². The van der Waals surface area contributed by atoms with Crippen molar-refractivity contribution in [2.45, 2.75) is 19.8 Å². The highest BCUT2D eigenvalue weighted by Gasteiger charge is 2.19. The van der Waals surface area contributed by atoms with Gasteiger partial charge >= 0.3 is 0 Å². The minimum atomic E-state index is -0.124. The van der Waals surface area contributed by atoms with Crippen molar-refractivity contribution in [2.75, 3.05) is 6.54 Å². The summed E-state index contributed by atoms with van der Waals surface area (Å²) >= 11 is 0. The Balaban J connectivity index is 1.84. The zero-order valence-electron chi connectivity index (χ0n) is 10.8. The third-order valence-corrected chi connectivity index (χ3v) is 3.08. The lowest BCUT2D eigenvalue weighted by Crippen LogP contribution is -2.19. The maximum atomic E-state index is 11.3. The van der Waals surface area contributed by atoms with Crippen molar-refractivity contribution in [3.8, 4) is 5.75 Å². The molecule has 0 bridgehead atoms. The largest absolute Gasteiger partial charge is 0.507 e. The smallest absolute Gasteiger partial charge is 0.248 e. The van der Waals surface area contributed by atoms with E-state index in [9.17, 15) is 9.90 Å². The predicted octanol–water partition coefficient (Wildman–Crippen LogP) is 1.71. The van der Waals surface area contributed by atoms with Crippen LogP contribution in [0.5, 0.6) is 5.75 Å². The van der Waals surface area contributed by atoms with Crippen LogP contribution in [-0.4, -0.2) is 29.5 Å². The van der Waals surface area contributed by atoms with Gasteiger partial charge in [-0.2, -0.15) is 5.10 Å². The SMILES string of the molecule is CC(=NCCC[C@@H]1C=NNC1=O)c1ccccc1O. The fourth-order valence-corrected chi connectivity index (χ4v) is 1.97. The monoisotopic (exact) mass is 259 g/mol. The first-order valence-electron chi connectivity index (χ1n) is 6.31. The van der Waals surface area contributed by atoms with Crippen LogP contribution in [0.25, 0.3) is 0 Å². The molecule has 5 heteroatoms. The van der Waals surface area contributed by atoms with E-state index >= 15 is 0 Å². The van der Waals surface area contributed by atoms with Crippen molar-refractivity contribution < 1.29 is 9.90 Å². The van der Waals surface area contributed by atoms with E-state index in [1.165, 1.54) is 0 Å². The van der Waals surface area contributed by atoms with Gasteiger partial charge in [-0.3, -0.25) is 9.79 Å². The normalized spacial score (nSPS) is 18.7. The van der Waals surface area contributed by atoms with E-state index in [2.05, 4.69) is 15.5 Å². The van der Waals surface area contributed by atoms with Crippen LogP contribution in [0.1, 0.15) is 25.3 Å². The Bertz CT molecular complexity index is 523. The lowest BCUT2D eigenvalue weighted by Gasteiger charge is -2.05. The molecule has 2 N–H and O–H groups in total. The molecule has 0 fully saturated rings. The number of phenols is 1. The third kappa shape index (κ3) is 3.40. The minimum absolute atomic E-state index is 0.0404. The molecule has 0 radical (unpaired) electrons. The van der Waals surface area contributed by atoms with Gasteiger partial charge in [-0.25, -0.2) is 5.43 Å². The van der Waals surface area contributed by atoms with Crippen LogP contribution in [0.3, 0.4) is 0 Å². The molecule has 2 rings (SSSR count). The quantitative estimate of drug-likeness (QED) is 0.624. The molecule has 1 aliphatic rings. The molecule has 1 amide bonds. The van der Waals surface area contributed by atoms with Crippen LogP contribution in [0.4, 0.5) is 0 Å². The van der Waals surface area contributed by atoms with Crippen molar-refractivity contribution in [1.29, 1.82) is 0 Å². The summed E-state index contributed by atoms with van der Waals surface area (Å²) in [4.78, 5) is 15.7. The maximum absolute atomic E-state index is 11.3. The third-order valence-electron chi connectivity index (χ3n) is 3.08. The van der Waals surface area contributed by atoms with E-state index in [-0.39, 0.29) is 17.6 Å². The van der Waals surface area contributed by atoms with Crippen molar-refractivity contribution in [1.82, 2.24) is 5.43 Å². The number of nitrogens with zero attached hydrogens (tertiary/aromatic N) is 2. The number of rotatable bonds is 5. The van der Waals surface area contributed by atoms with Crippen LogP contribution in [0.2, 0.25) is 0 Å². The fourth-order valence-electron chi connectivity index (χ4n) is 1.97. The fraction of sp³-hybridized carbons (Fsp3) is 0.357. The average molecular weight is 259 g/mol. The molecule has 1 heterocycles. The number of phenolic OH excluding ortho intramolecular Hbond substituents is 1. The average Bonchev–Trinajstić information content (AvgIpc) is 2.80. The highest BCUT2D eigenvalue weighted by Crippen LogP contribution is 2.16. The van der Waals surface area contributed by atoms with Crippen LogP contribution < -0.4 is 5.43 Å². The molecule has 0 aromatic heterocycles. The van der Waals surface area contributed by atoms with Gasteiger partial charge in [-0.15, -0.1) is 0 Å². The van der Waals surface area contributed by atoms with Crippen molar-refractivity contribution in [3.05, 3.63) is 29.8 Å². The summed E-state index contributed by atoms with van der Waals surface area (Å²) in [7, 11) is 0. The lowest BCUT2D eigenvalue weighted by molar-refractivity contribution is -0.122.